The fourth-order valence-electron chi connectivity index (χ4n) is 1.30. The number of carbonyl (C=O) groups excluding carboxylic acids is 1. The van der Waals surface area contributed by atoms with Crippen LogP contribution in [0.15, 0.2) is 48.8 Å². The lowest BCUT2D eigenvalue weighted by atomic mass is 10.3. The first-order valence-corrected chi connectivity index (χ1v) is 4.62. The molecule has 0 amide bonds. The molecule has 3 nitrogen and oxygen atoms in total. The van der Waals surface area contributed by atoms with Crippen molar-refractivity contribution in [2.75, 3.05) is 0 Å². The molecule has 0 spiro atoms. The molecular formula is C12H10N2O. The molecule has 1 heterocycles. The van der Waals surface area contributed by atoms with Gasteiger partial charge in [0.2, 0.25) is 0 Å². The monoisotopic (exact) mass is 198 g/mol. The molecule has 2 aromatic rings. The molecule has 74 valence electrons. The Morgan fingerprint density at radius 1 is 1.20 bits per heavy atom. The summed E-state index contributed by atoms with van der Waals surface area (Å²) in [5.74, 6) is 0. The Kier molecular flexibility index (Phi) is 2.74. The summed E-state index contributed by atoms with van der Waals surface area (Å²) in [7, 11) is 0. The number of aldehydes is 1. The maximum atomic E-state index is 10.1. The van der Waals surface area contributed by atoms with Gasteiger partial charge < -0.3 is 0 Å². The van der Waals surface area contributed by atoms with Crippen LogP contribution in [0.1, 0.15) is 5.56 Å². The second kappa shape index (κ2) is 4.37. The van der Waals surface area contributed by atoms with Gasteiger partial charge in [0.1, 0.15) is 6.29 Å². The smallest absolute Gasteiger partial charge is 0.142 e. The van der Waals surface area contributed by atoms with Crippen molar-refractivity contribution in [1.29, 1.82) is 0 Å². The van der Waals surface area contributed by atoms with E-state index in [-0.39, 0.29) is 0 Å². The molecule has 0 atom stereocenters. The maximum absolute atomic E-state index is 10.1. The van der Waals surface area contributed by atoms with E-state index < -0.39 is 0 Å². The fourth-order valence-corrected chi connectivity index (χ4v) is 1.30. The summed E-state index contributed by atoms with van der Waals surface area (Å²) in [5.41, 5.74) is 1.91. The molecule has 2 rings (SSSR count). The standard InChI is InChI=1S/C12H10N2O/c15-8-4-5-11-9-13-14(10-11)12-6-2-1-3-7-12/h1-10H. The highest BCUT2D eigenvalue weighted by Crippen LogP contribution is 2.08. The third kappa shape index (κ3) is 2.20. The molecule has 0 N–H and O–H groups in total. The van der Waals surface area contributed by atoms with Gasteiger partial charge >= 0.3 is 0 Å². The quantitative estimate of drug-likeness (QED) is 0.559. The van der Waals surface area contributed by atoms with Crippen molar-refractivity contribution in [2.24, 2.45) is 0 Å². The third-order valence-electron chi connectivity index (χ3n) is 1.99. The van der Waals surface area contributed by atoms with Crippen LogP contribution in [0.25, 0.3) is 11.8 Å². The largest absolute Gasteiger partial charge is 0.299 e. The predicted octanol–water partition coefficient (Wildman–Crippen LogP) is 2.08. The minimum atomic E-state index is 0.750. The average Bonchev–Trinajstić information content (AvgIpc) is 2.76. The Bertz CT molecular complexity index is 471. The van der Waals surface area contributed by atoms with E-state index in [1.165, 1.54) is 6.08 Å². The lowest BCUT2D eigenvalue weighted by Crippen LogP contribution is -1.92. The van der Waals surface area contributed by atoms with Crippen molar-refractivity contribution in [3.63, 3.8) is 0 Å². The van der Waals surface area contributed by atoms with E-state index in [1.54, 1.807) is 17.0 Å². The molecule has 0 aliphatic heterocycles. The Morgan fingerprint density at radius 2 is 2.00 bits per heavy atom. The zero-order valence-electron chi connectivity index (χ0n) is 8.08. The Labute approximate surface area is 87.7 Å². The SMILES string of the molecule is O=CC=Cc1cnn(-c2ccccc2)c1. The van der Waals surface area contributed by atoms with Crippen molar-refractivity contribution in [1.82, 2.24) is 9.78 Å². The van der Waals surface area contributed by atoms with Crippen molar-refractivity contribution in [2.45, 2.75) is 0 Å². The number of hydrogen-bond acceptors (Lipinski definition) is 2. The number of nitrogens with zero attached hydrogens (tertiary/aromatic N) is 2. The van der Waals surface area contributed by atoms with Crippen LogP contribution in [0.5, 0.6) is 0 Å². The molecule has 0 fully saturated rings. The molecule has 0 unspecified atom stereocenters. The van der Waals surface area contributed by atoms with Crippen LogP contribution in [0, 0.1) is 0 Å². The third-order valence-corrected chi connectivity index (χ3v) is 1.99. The first-order valence-electron chi connectivity index (χ1n) is 4.62. The Balaban J connectivity index is 2.28. The van der Waals surface area contributed by atoms with E-state index in [2.05, 4.69) is 5.10 Å². The van der Waals surface area contributed by atoms with Gasteiger partial charge in [-0.25, -0.2) is 4.68 Å². The van der Waals surface area contributed by atoms with Gasteiger partial charge in [0, 0.05) is 11.8 Å². The maximum Gasteiger partial charge on any atom is 0.142 e. The normalized spacial score (nSPS) is 10.7. The first kappa shape index (κ1) is 9.40. The van der Waals surface area contributed by atoms with E-state index in [4.69, 9.17) is 0 Å². The Morgan fingerprint density at radius 3 is 2.73 bits per heavy atom. The topological polar surface area (TPSA) is 34.9 Å². The van der Waals surface area contributed by atoms with Gasteiger partial charge in [0.25, 0.3) is 0 Å². The first-order chi connectivity index (χ1) is 7.40. The van der Waals surface area contributed by atoms with Gasteiger partial charge in [-0.1, -0.05) is 18.2 Å². The van der Waals surface area contributed by atoms with Crippen LogP contribution in [0.3, 0.4) is 0 Å². The van der Waals surface area contributed by atoms with Crippen LogP contribution in [-0.4, -0.2) is 16.1 Å². The van der Waals surface area contributed by atoms with Gasteiger partial charge in [-0.3, -0.25) is 4.79 Å². The number of benzene rings is 1. The van der Waals surface area contributed by atoms with Crippen molar-refractivity contribution < 1.29 is 4.79 Å². The zero-order chi connectivity index (χ0) is 10.5. The Hall–Kier alpha value is -2.16. The summed E-state index contributed by atoms with van der Waals surface area (Å²) in [6.45, 7) is 0. The molecule has 1 aromatic carbocycles. The second-order valence-electron chi connectivity index (χ2n) is 3.05. The molecule has 0 radical (unpaired) electrons. The highest BCUT2D eigenvalue weighted by atomic mass is 16.1. The number of allylic oxidation sites excluding steroid dienone is 1. The molecule has 3 heteroatoms. The summed E-state index contributed by atoms with van der Waals surface area (Å²) in [5, 5.41) is 4.19. The van der Waals surface area contributed by atoms with Crippen LogP contribution in [0.4, 0.5) is 0 Å². The highest BCUT2D eigenvalue weighted by Gasteiger charge is 1.96. The predicted molar refractivity (Wildman–Crippen MR) is 58.7 cm³/mol. The van der Waals surface area contributed by atoms with E-state index in [0.717, 1.165) is 17.5 Å². The summed E-state index contributed by atoms with van der Waals surface area (Å²) in [4.78, 5) is 10.1. The number of rotatable bonds is 3. The van der Waals surface area contributed by atoms with Crippen LogP contribution < -0.4 is 0 Å². The van der Waals surface area contributed by atoms with Crippen molar-refractivity contribution in [3.8, 4) is 5.69 Å². The summed E-state index contributed by atoms with van der Waals surface area (Å²) >= 11 is 0. The number of para-hydroxylation sites is 1. The molecule has 1 aromatic heterocycles. The van der Waals surface area contributed by atoms with E-state index in [9.17, 15) is 4.79 Å². The number of hydrogen-bond donors (Lipinski definition) is 0. The van der Waals surface area contributed by atoms with Gasteiger partial charge in [-0.15, -0.1) is 0 Å². The van der Waals surface area contributed by atoms with E-state index in [1.807, 2.05) is 36.5 Å². The summed E-state index contributed by atoms with van der Waals surface area (Å²) in [6.07, 6.45) is 7.51. The molecule has 15 heavy (non-hydrogen) atoms. The van der Waals surface area contributed by atoms with Crippen LogP contribution in [0.2, 0.25) is 0 Å². The molecule has 0 saturated carbocycles. The average molecular weight is 198 g/mol. The lowest BCUT2D eigenvalue weighted by Gasteiger charge is -1.98. The second-order valence-corrected chi connectivity index (χ2v) is 3.05. The zero-order valence-corrected chi connectivity index (χ0v) is 8.08. The highest BCUT2D eigenvalue weighted by molar-refractivity contribution is 5.73. The van der Waals surface area contributed by atoms with Crippen LogP contribution >= 0.6 is 0 Å². The number of aromatic nitrogens is 2. The van der Waals surface area contributed by atoms with Gasteiger partial charge in [0.05, 0.1) is 11.9 Å². The molecule has 0 bridgehead atoms. The van der Waals surface area contributed by atoms with Crippen LogP contribution in [-0.2, 0) is 4.79 Å². The van der Waals surface area contributed by atoms with Gasteiger partial charge in [-0.2, -0.15) is 5.10 Å². The molecule has 0 aliphatic carbocycles. The summed E-state index contributed by atoms with van der Waals surface area (Å²) < 4.78 is 1.77. The van der Waals surface area contributed by atoms with Crippen molar-refractivity contribution in [3.05, 3.63) is 54.4 Å². The van der Waals surface area contributed by atoms with E-state index >= 15 is 0 Å². The van der Waals surface area contributed by atoms with Crippen molar-refractivity contribution >= 4 is 12.4 Å². The molecule has 0 aliphatic rings. The fraction of sp³-hybridized carbons (Fsp3) is 0. The van der Waals surface area contributed by atoms with E-state index in [0.29, 0.717) is 0 Å². The van der Waals surface area contributed by atoms with Gasteiger partial charge in [0.15, 0.2) is 0 Å². The number of carbonyl (C=O) groups is 1. The minimum Gasteiger partial charge on any atom is -0.299 e. The molecular weight excluding hydrogens is 188 g/mol. The molecule has 0 saturated heterocycles. The minimum absolute atomic E-state index is 0.750. The summed E-state index contributed by atoms with van der Waals surface area (Å²) in [6, 6.07) is 9.82. The van der Waals surface area contributed by atoms with Gasteiger partial charge in [-0.05, 0) is 24.3 Å². The lowest BCUT2D eigenvalue weighted by molar-refractivity contribution is -0.104.